The van der Waals surface area contributed by atoms with Crippen molar-refractivity contribution in [2.45, 2.75) is 31.2 Å². The van der Waals surface area contributed by atoms with Gasteiger partial charge in [-0.25, -0.2) is 13.6 Å². The van der Waals surface area contributed by atoms with Crippen molar-refractivity contribution in [2.24, 2.45) is 0 Å². The average Bonchev–Trinajstić information content (AvgIpc) is 2.08. The van der Waals surface area contributed by atoms with Crippen LogP contribution in [0, 0.1) is 0 Å². The van der Waals surface area contributed by atoms with Crippen LogP contribution in [-0.4, -0.2) is 23.2 Å². The fourth-order valence-corrected chi connectivity index (χ4v) is 1.25. The van der Waals surface area contributed by atoms with Crippen LogP contribution in [0.15, 0.2) is 0 Å². The maximum Gasteiger partial charge on any atom is 0.404 e. The molecule has 1 rings (SSSR count). The number of hydrogen-bond acceptors (Lipinski definition) is 1. The Labute approximate surface area is 62.4 Å². The molecule has 64 valence electrons. The van der Waals surface area contributed by atoms with Crippen molar-refractivity contribution in [2.75, 3.05) is 0 Å². The van der Waals surface area contributed by atoms with Crippen molar-refractivity contribution in [3.8, 4) is 0 Å². The normalized spacial score (nSPS) is 28.4. The van der Waals surface area contributed by atoms with Crippen LogP contribution in [0.1, 0.15) is 19.3 Å². The molecule has 1 amide bonds. The third-order valence-electron chi connectivity index (χ3n) is 1.73. The molecule has 0 unspecified atom stereocenters. The minimum Gasteiger partial charge on any atom is -0.465 e. The summed E-state index contributed by atoms with van der Waals surface area (Å²) in [6.07, 6.45) is -1.57. The van der Waals surface area contributed by atoms with Gasteiger partial charge in [0.25, 0.3) is 0 Å². The third kappa shape index (κ3) is 2.32. The zero-order valence-electron chi connectivity index (χ0n) is 5.81. The highest BCUT2D eigenvalue weighted by atomic mass is 19.3. The van der Waals surface area contributed by atoms with Gasteiger partial charge in [0.05, 0.1) is 0 Å². The number of carbonyl (C=O) groups is 1. The van der Waals surface area contributed by atoms with E-state index in [1.807, 2.05) is 5.32 Å². The Kier molecular flexibility index (Phi) is 1.97. The second-order valence-corrected chi connectivity index (χ2v) is 2.75. The molecule has 0 spiro atoms. The predicted molar refractivity (Wildman–Crippen MR) is 33.7 cm³/mol. The first kappa shape index (κ1) is 8.23. The first-order chi connectivity index (χ1) is 4.99. The molecular formula is C6H9F2NO2. The lowest BCUT2D eigenvalue weighted by atomic mass is 10.2. The minimum atomic E-state index is -2.67. The van der Waals surface area contributed by atoms with Crippen LogP contribution >= 0.6 is 0 Å². The number of alkyl halides is 2. The molecule has 11 heavy (non-hydrogen) atoms. The minimum absolute atomic E-state index is 0.210. The Bertz CT molecular complexity index is 172. The number of carboxylic acid groups (broad SMARTS) is 1. The van der Waals surface area contributed by atoms with Gasteiger partial charge < -0.3 is 10.4 Å². The molecule has 0 aromatic carbocycles. The predicted octanol–water partition coefficient (Wildman–Crippen LogP) is 1.44. The second-order valence-electron chi connectivity index (χ2n) is 2.75. The van der Waals surface area contributed by atoms with E-state index in [1.165, 1.54) is 0 Å². The van der Waals surface area contributed by atoms with E-state index < -0.39 is 18.1 Å². The van der Waals surface area contributed by atoms with Crippen molar-refractivity contribution in [1.29, 1.82) is 0 Å². The fraction of sp³-hybridized carbons (Fsp3) is 0.833. The summed E-state index contributed by atoms with van der Waals surface area (Å²) in [5.41, 5.74) is 0. The van der Waals surface area contributed by atoms with Crippen LogP contribution in [0.2, 0.25) is 0 Å². The third-order valence-corrected chi connectivity index (χ3v) is 1.73. The smallest absolute Gasteiger partial charge is 0.404 e. The van der Waals surface area contributed by atoms with Gasteiger partial charge in [-0.2, -0.15) is 0 Å². The summed E-state index contributed by atoms with van der Waals surface area (Å²) in [6.45, 7) is 0. The molecule has 0 bridgehead atoms. The first-order valence-electron chi connectivity index (χ1n) is 3.37. The molecular weight excluding hydrogens is 156 g/mol. The van der Waals surface area contributed by atoms with Crippen molar-refractivity contribution in [3.63, 3.8) is 0 Å². The molecule has 2 N–H and O–H groups in total. The zero-order chi connectivity index (χ0) is 8.48. The van der Waals surface area contributed by atoms with Crippen LogP contribution in [0.5, 0.6) is 0 Å². The lowest BCUT2D eigenvalue weighted by Gasteiger charge is -2.09. The summed E-state index contributed by atoms with van der Waals surface area (Å²) in [7, 11) is 0. The molecule has 5 heteroatoms. The molecule has 1 saturated carbocycles. The van der Waals surface area contributed by atoms with E-state index in [9.17, 15) is 13.6 Å². The number of amides is 1. The summed E-state index contributed by atoms with van der Waals surface area (Å²) in [5.74, 6) is -2.67. The van der Waals surface area contributed by atoms with E-state index in [2.05, 4.69) is 0 Å². The maximum absolute atomic E-state index is 12.4. The van der Waals surface area contributed by atoms with Crippen LogP contribution < -0.4 is 5.32 Å². The first-order valence-corrected chi connectivity index (χ1v) is 3.37. The largest absolute Gasteiger partial charge is 0.465 e. The van der Waals surface area contributed by atoms with Crippen molar-refractivity contribution >= 4 is 6.09 Å². The van der Waals surface area contributed by atoms with E-state index in [1.54, 1.807) is 0 Å². The Hall–Kier alpha value is -0.870. The van der Waals surface area contributed by atoms with E-state index in [0.717, 1.165) is 0 Å². The molecule has 3 nitrogen and oxygen atoms in total. The highest BCUT2D eigenvalue weighted by Crippen LogP contribution is 2.34. The van der Waals surface area contributed by atoms with E-state index in [-0.39, 0.29) is 19.3 Å². The van der Waals surface area contributed by atoms with Crippen LogP contribution in [0.25, 0.3) is 0 Å². The highest BCUT2D eigenvalue weighted by molar-refractivity contribution is 5.64. The number of rotatable bonds is 1. The topological polar surface area (TPSA) is 49.3 Å². The lowest BCUT2D eigenvalue weighted by Crippen LogP contribution is -2.32. The van der Waals surface area contributed by atoms with Crippen molar-refractivity contribution in [3.05, 3.63) is 0 Å². The molecule has 1 aliphatic rings. The maximum atomic E-state index is 12.4. The van der Waals surface area contributed by atoms with Crippen LogP contribution in [-0.2, 0) is 0 Å². The molecule has 0 aliphatic heterocycles. The molecule has 1 atom stereocenters. The van der Waals surface area contributed by atoms with E-state index in [0.29, 0.717) is 0 Å². The molecule has 0 saturated heterocycles. The van der Waals surface area contributed by atoms with Gasteiger partial charge in [-0.1, -0.05) is 0 Å². The van der Waals surface area contributed by atoms with Crippen molar-refractivity contribution < 1.29 is 18.7 Å². The molecule has 0 radical (unpaired) electrons. The SMILES string of the molecule is O=C(O)N[C@H]1CCC(F)(F)C1. The Morgan fingerprint density at radius 2 is 2.27 bits per heavy atom. The standard InChI is InChI=1S/C6H9F2NO2/c7-6(8)2-1-4(3-6)9-5(10)11/h4,9H,1-3H2,(H,10,11)/t4-/m0/s1. The zero-order valence-corrected chi connectivity index (χ0v) is 5.81. The van der Waals surface area contributed by atoms with Gasteiger partial charge >= 0.3 is 6.09 Å². The van der Waals surface area contributed by atoms with Gasteiger partial charge in [-0.3, -0.25) is 0 Å². The van der Waals surface area contributed by atoms with Crippen molar-refractivity contribution in [1.82, 2.24) is 5.32 Å². The number of halogens is 2. The van der Waals surface area contributed by atoms with Gasteiger partial charge in [-0.15, -0.1) is 0 Å². The Morgan fingerprint density at radius 1 is 1.64 bits per heavy atom. The Balaban J connectivity index is 2.36. The molecule has 0 aromatic rings. The number of hydrogen-bond donors (Lipinski definition) is 2. The van der Waals surface area contributed by atoms with Gasteiger partial charge in [0.2, 0.25) is 5.92 Å². The summed E-state index contributed by atoms with van der Waals surface area (Å²) in [6, 6.07) is -0.567. The summed E-state index contributed by atoms with van der Waals surface area (Å²) in [4.78, 5) is 10.0. The van der Waals surface area contributed by atoms with Gasteiger partial charge in [0, 0.05) is 18.9 Å². The van der Waals surface area contributed by atoms with Gasteiger partial charge in [0.15, 0.2) is 0 Å². The molecule has 1 aliphatic carbocycles. The van der Waals surface area contributed by atoms with E-state index >= 15 is 0 Å². The summed E-state index contributed by atoms with van der Waals surface area (Å²) >= 11 is 0. The Morgan fingerprint density at radius 3 is 2.64 bits per heavy atom. The summed E-state index contributed by atoms with van der Waals surface area (Å²) in [5, 5.41) is 10.2. The van der Waals surface area contributed by atoms with Crippen LogP contribution in [0.4, 0.5) is 13.6 Å². The van der Waals surface area contributed by atoms with Gasteiger partial charge in [-0.05, 0) is 6.42 Å². The highest BCUT2D eigenvalue weighted by Gasteiger charge is 2.39. The fourth-order valence-electron chi connectivity index (χ4n) is 1.25. The van der Waals surface area contributed by atoms with Gasteiger partial charge in [0.1, 0.15) is 0 Å². The molecule has 0 aromatic heterocycles. The molecule has 1 fully saturated rings. The average molecular weight is 165 g/mol. The summed E-state index contributed by atoms with van der Waals surface area (Å²) < 4.78 is 24.8. The number of nitrogens with one attached hydrogen (secondary N) is 1. The monoisotopic (exact) mass is 165 g/mol. The lowest BCUT2D eigenvalue weighted by molar-refractivity contribution is 0.00715. The molecule has 0 heterocycles. The van der Waals surface area contributed by atoms with E-state index in [4.69, 9.17) is 5.11 Å². The quantitative estimate of drug-likeness (QED) is 0.617. The second kappa shape index (κ2) is 2.64. The van der Waals surface area contributed by atoms with Crippen LogP contribution in [0.3, 0.4) is 0 Å².